The molecule has 0 spiro atoms. The SMILES string of the molecule is Cc1ccc(S(=O)(=O)Cc2ccc(C(=O)Nc3nc(C(F)(F)F)cs3)cc2)cc1. The van der Waals surface area contributed by atoms with Crippen LogP contribution >= 0.6 is 11.3 Å². The number of nitrogens with zero attached hydrogens (tertiary/aromatic N) is 1. The summed E-state index contributed by atoms with van der Waals surface area (Å²) in [5.74, 6) is -0.875. The highest BCUT2D eigenvalue weighted by Crippen LogP contribution is 2.31. The van der Waals surface area contributed by atoms with Crippen molar-refractivity contribution in [2.24, 2.45) is 0 Å². The van der Waals surface area contributed by atoms with Gasteiger partial charge in [0.25, 0.3) is 5.91 Å². The van der Waals surface area contributed by atoms with Gasteiger partial charge in [-0.15, -0.1) is 11.3 Å². The minimum atomic E-state index is -4.58. The first-order valence-corrected chi connectivity index (χ1v) is 10.8. The van der Waals surface area contributed by atoms with E-state index in [2.05, 4.69) is 10.3 Å². The van der Waals surface area contributed by atoms with E-state index in [1.54, 1.807) is 12.1 Å². The number of hydrogen-bond acceptors (Lipinski definition) is 5. The zero-order valence-electron chi connectivity index (χ0n) is 15.0. The number of alkyl halides is 3. The number of nitrogens with one attached hydrogen (secondary N) is 1. The van der Waals surface area contributed by atoms with Crippen LogP contribution in [0.25, 0.3) is 0 Å². The topological polar surface area (TPSA) is 76.1 Å². The van der Waals surface area contributed by atoms with Gasteiger partial charge in [0.05, 0.1) is 10.6 Å². The Morgan fingerprint density at radius 1 is 1.07 bits per heavy atom. The maximum Gasteiger partial charge on any atom is 0.434 e. The molecule has 152 valence electrons. The number of rotatable bonds is 5. The van der Waals surface area contributed by atoms with Gasteiger partial charge in [0.15, 0.2) is 20.7 Å². The Bertz CT molecular complexity index is 1120. The minimum Gasteiger partial charge on any atom is -0.298 e. The predicted molar refractivity (Wildman–Crippen MR) is 104 cm³/mol. The molecule has 29 heavy (non-hydrogen) atoms. The third kappa shape index (κ3) is 5.21. The fourth-order valence-electron chi connectivity index (χ4n) is 2.43. The largest absolute Gasteiger partial charge is 0.434 e. The molecular formula is C19H15F3N2O3S2. The molecule has 0 saturated carbocycles. The van der Waals surface area contributed by atoms with Crippen molar-refractivity contribution in [3.05, 3.63) is 76.3 Å². The van der Waals surface area contributed by atoms with E-state index in [1.807, 2.05) is 6.92 Å². The van der Waals surface area contributed by atoms with Gasteiger partial charge >= 0.3 is 6.18 Å². The Labute approximate surface area is 169 Å². The van der Waals surface area contributed by atoms with Crippen LogP contribution in [0.4, 0.5) is 18.3 Å². The lowest BCUT2D eigenvalue weighted by Gasteiger charge is -2.07. The Kier molecular flexibility index (Phi) is 5.76. The second-order valence-electron chi connectivity index (χ2n) is 6.26. The van der Waals surface area contributed by atoms with Crippen LogP contribution in [0.3, 0.4) is 0 Å². The van der Waals surface area contributed by atoms with Gasteiger partial charge in [-0.3, -0.25) is 10.1 Å². The van der Waals surface area contributed by atoms with Crippen LogP contribution in [0.1, 0.15) is 27.2 Å². The molecule has 0 aliphatic rings. The Morgan fingerprint density at radius 2 is 1.69 bits per heavy atom. The van der Waals surface area contributed by atoms with Gasteiger partial charge in [-0.25, -0.2) is 13.4 Å². The van der Waals surface area contributed by atoms with Crippen molar-refractivity contribution < 1.29 is 26.4 Å². The third-order valence-corrected chi connectivity index (χ3v) is 6.43. The number of carbonyl (C=O) groups is 1. The van der Waals surface area contributed by atoms with E-state index < -0.39 is 27.6 Å². The summed E-state index contributed by atoms with van der Waals surface area (Å²) in [6, 6.07) is 12.3. The molecule has 3 rings (SSSR count). The van der Waals surface area contributed by atoms with E-state index in [0.29, 0.717) is 16.9 Å². The molecule has 1 N–H and O–H groups in total. The number of amides is 1. The van der Waals surface area contributed by atoms with E-state index in [-0.39, 0.29) is 21.3 Å². The van der Waals surface area contributed by atoms with Gasteiger partial charge in [-0.1, -0.05) is 29.8 Å². The van der Waals surface area contributed by atoms with Gasteiger partial charge in [-0.05, 0) is 36.8 Å². The first kappa shape index (κ1) is 21.0. The maximum atomic E-state index is 12.6. The molecule has 0 aliphatic heterocycles. The molecule has 1 heterocycles. The van der Waals surface area contributed by atoms with Crippen molar-refractivity contribution in [3.63, 3.8) is 0 Å². The third-order valence-electron chi connectivity index (χ3n) is 3.97. The van der Waals surface area contributed by atoms with Crippen molar-refractivity contribution in [1.82, 2.24) is 4.98 Å². The Hall–Kier alpha value is -2.72. The number of aryl methyl sites for hydroxylation is 1. The summed E-state index contributed by atoms with van der Waals surface area (Å²) < 4.78 is 62.7. The number of thiazole rings is 1. The maximum absolute atomic E-state index is 12.6. The van der Waals surface area contributed by atoms with Crippen molar-refractivity contribution in [1.29, 1.82) is 0 Å². The van der Waals surface area contributed by atoms with Gasteiger partial charge in [0, 0.05) is 10.9 Å². The van der Waals surface area contributed by atoms with E-state index in [4.69, 9.17) is 0 Å². The smallest absolute Gasteiger partial charge is 0.298 e. The average molecular weight is 440 g/mol. The normalized spacial score (nSPS) is 12.0. The highest BCUT2D eigenvalue weighted by Gasteiger charge is 2.33. The number of anilines is 1. The van der Waals surface area contributed by atoms with Crippen molar-refractivity contribution in [2.45, 2.75) is 23.7 Å². The zero-order chi connectivity index (χ0) is 21.2. The molecule has 0 aliphatic carbocycles. The summed E-state index contributed by atoms with van der Waals surface area (Å²) in [5.41, 5.74) is 0.525. The molecule has 0 radical (unpaired) electrons. The first-order chi connectivity index (χ1) is 13.5. The molecule has 0 unspecified atom stereocenters. The first-order valence-electron chi connectivity index (χ1n) is 8.27. The van der Waals surface area contributed by atoms with E-state index >= 15 is 0 Å². The van der Waals surface area contributed by atoms with E-state index in [1.165, 1.54) is 36.4 Å². The number of benzene rings is 2. The number of carbonyl (C=O) groups excluding carboxylic acids is 1. The highest BCUT2D eigenvalue weighted by molar-refractivity contribution is 7.90. The molecule has 1 aromatic heterocycles. The molecule has 10 heteroatoms. The molecule has 0 fully saturated rings. The Morgan fingerprint density at radius 3 is 2.24 bits per heavy atom. The van der Waals surface area contributed by atoms with Gasteiger partial charge in [-0.2, -0.15) is 13.2 Å². The van der Waals surface area contributed by atoms with Crippen molar-refractivity contribution in [3.8, 4) is 0 Å². The van der Waals surface area contributed by atoms with Gasteiger partial charge in [0.2, 0.25) is 0 Å². The quantitative estimate of drug-likeness (QED) is 0.624. The molecule has 0 bridgehead atoms. The Balaban J connectivity index is 1.68. The summed E-state index contributed by atoms with van der Waals surface area (Å²) in [6.07, 6.45) is -4.58. The fourth-order valence-corrected chi connectivity index (χ4v) is 4.49. The van der Waals surface area contributed by atoms with Gasteiger partial charge < -0.3 is 0 Å². The fraction of sp³-hybridized carbons (Fsp3) is 0.158. The van der Waals surface area contributed by atoms with Crippen LogP contribution in [0.15, 0.2) is 58.8 Å². The van der Waals surface area contributed by atoms with Crippen LogP contribution in [0.2, 0.25) is 0 Å². The lowest BCUT2D eigenvalue weighted by atomic mass is 10.1. The van der Waals surface area contributed by atoms with E-state index in [9.17, 15) is 26.4 Å². The minimum absolute atomic E-state index is 0.172. The monoisotopic (exact) mass is 440 g/mol. The summed E-state index contributed by atoms with van der Waals surface area (Å²) in [7, 11) is -3.54. The lowest BCUT2D eigenvalue weighted by molar-refractivity contribution is -0.140. The molecule has 0 atom stereocenters. The van der Waals surface area contributed by atoms with E-state index in [0.717, 1.165) is 10.9 Å². The van der Waals surface area contributed by atoms with Crippen LogP contribution in [0.5, 0.6) is 0 Å². The summed E-state index contributed by atoms with van der Waals surface area (Å²) in [4.78, 5) is 15.7. The second-order valence-corrected chi connectivity index (χ2v) is 9.11. The zero-order valence-corrected chi connectivity index (χ0v) is 16.7. The molecule has 2 aromatic carbocycles. The lowest BCUT2D eigenvalue weighted by Crippen LogP contribution is -2.13. The number of hydrogen-bond donors (Lipinski definition) is 1. The average Bonchev–Trinajstić information content (AvgIpc) is 3.11. The predicted octanol–water partition coefficient (Wildman–Crippen LogP) is 4.70. The highest BCUT2D eigenvalue weighted by atomic mass is 32.2. The number of aromatic nitrogens is 1. The van der Waals surface area contributed by atoms with Crippen LogP contribution in [-0.4, -0.2) is 19.3 Å². The van der Waals surface area contributed by atoms with Crippen molar-refractivity contribution in [2.75, 3.05) is 5.32 Å². The molecule has 0 saturated heterocycles. The van der Waals surface area contributed by atoms with Crippen LogP contribution in [0, 0.1) is 6.92 Å². The summed E-state index contributed by atoms with van der Waals surface area (Å²) in [6.45, 7) is 1.86. The molecular weight excluding hydrogens is 425 g/mol. The van der Waals surface area contributed by atoms with Crippen LogP contribution in [-0.2, 0) is 21.8 Å². The number of halogens is 3. The molecule has 1 amide bonds. The standard InChI is InChI=1S/C19H15F3N2O3S2/c1-12-2-8-15(9-3-12)29(26,27)11-13-4-6-14(7-5-13)17(25)24-18-23-16(10-28-18)19(20,21)22/h2-10H,11H2,1H3,(H,23,24,25). The van der Waals surface area contributed by atoms with Crippen LogP contribution < -0.4 is 5.32 Å². The summed E-state index contributed by atoms with van der Waals surface area (Å²) in [5, 5.41) is 2.94. The van der Waals surface area contributed by atoms with Gasteiger partial charge in [0.1, 0.15) is 0 Å². The second kappa shape index (κ2) is 7.96. The summed E-state index contributed by atoms with van der Waals surface area (Å²) >= 11 is 0.667. The number of sulfone groups is 1. The molecule has 3 aromatic rings. The van der Waals surface area contributed by atoms with Crippen molar-refractivity contribution >= 4 is 32.2 Å². The molecule has 5 nitrogen and oxygen atoms in total.